The zero-order chi connectivity index (χ0) is 14.7. The third-order valence-corrected chi connectivity index (χ3v) is 3.68. The number of nitrogens with one attached hydrogen (secondary N) is 1. The van der Waals surface area contributed by atoms with Crippen LogP contribution in [0.2, 0.25) is 0 Å². The van der Waals surface area contributed by atoms with E-state index in [1.54, 1.807) is 13.8 Å². The third kappa shape index (κ3) is 3.27. The molecule has 20 heavy (non-hydrogen) atoms. The van der Waals surface area contributed by atoms with Crippen molar-refractivity contribution in [2.24, 2.45) is 5.92 Å². The van der Waals surface area contributed by atoms with Crippen molar-refractivity contribution in [2.75, 3.05) is 6.61 Å². The molecule has 5 nitrogen and oxygen atoms in total. The molecule has 2 rings (SSSR count). The van der Waals surface area contributed by atoms with Gasteiger partial charge in [-0.3, -0.25) is 9.59 Å². The van der Waals surface area contributed by atoms with E-state index in [-0.39, 0.29) is 23.5 Å². The molecule has 1 aliphatic carbocycles. The number of hydrogen-bond donors (Lipinski definition) is 1. The monoisotopic (exact) mass is 274 g/mol. The van der Waals surface area contributed by atoms with Crippen LogP contribution in [0.15, 0.2) is 4.79 Å². The van der Waals surface area contributed by atoms with Crippen LogP contribution in [0.4, 0.5) is 0 Å². The van der Waals surface area contributed by atoms with Gasteiger partial charge < -0.3 is 9.72 Å². The molecule has 0 saturated heterocycles. The van der Waals surface area contributed by atoms with Gasteiger partial charge in [0, 0.05) is 12.1 Å². The first kappa shape index (κ1) is 14.3. The van der Waals surface area contributed by atoms with E-state index >= 15 is 0 Å². The average molecular weight is 274 g/mol. The fraction of sp³-hybridized carbons (Fsp3) is 0.533. The number of esters is 1. The number of nitrogens with zero attached hydrogens (tertiary/aromatic N) is 1. The first-order valence-corrected chi connectivity index (χ1v) is 6.81. The number of aryl methyl sites for hydroxylation is 1. The van der Waals surface area contributed by atoms with Crippen LogP contribution in [0.5, 0.6) is 0 Å². The predicted molar refractivity (Wildman–Crippen MR) is 73.3 cm³/mol. The maximum atomic E-state index is 11.6. The third-order valence-electron chi connectivity index (χ3n) is 3.68. The van der Waals surface area contributed by atoms with Crippen LogP contribution in [0.25, 0.3) is 0 Å². The average Bonchev–Trinajstić information content (AvgIpc) is 3.20. The Hall–Kier alpha value is -2.09. The summed E-state index contributed by atoms with van der Waals surface area (Å²) in [7, 11) is 0. The summed E-state index contributed by atoms with van der Waals surface area (Å²) >= 11 is 0. The molecule has 1 saturated carbocycles. The van der Waals surface area contributed by atoms with Crippen molar-refractivity contribution in [3.8, 4) is 6.07 Å². The highest BCUT2D eigenvalue weighted by molar-refractivity contribution is 5.70. The van der Waals surface area contributed by atoms with Gasteiger partial charge >= 0.3 is 5.97 Å². The zero-order valence-corrected chi connectivity index (χ0v) is 11.8. The summed E-state index contributed by atoms with van der Waals surface area (Å²) in [4.78, 5) is 25.9. The molecule has 0 aliphatic heterocycles. The Labute approximate surface area is 117 Å². The Morgan fingerprint density at radius 3 is 2.75 bits per heavy atom. The van der Waals surface area contributed by atoms with Crippen molar-refractivity contribution < 1.29 is 9.53 Å². The van der Waals surface area contributed by atoms with Gasteiger partial charge in [0.2, 0.25) is 0 Å². The van der Waals surface area contributed by atoms with Crippen LogP contribution in [-0.4, -0.2) is 17.6 Å². The molecule has 5 heteroatoms. The second-order valence-electron chi connectivity index (χ2n) is 5.30. The number of carbonyl (C=O) groups is 1. The summed E-state index contributed by atoms with van der Waals surface area (Å²) in [5, 5.41) is 8.98. The number of H-pyrrole nitrogens is 1. The van der Waals surface area contributed by atoms with E-state index in [4.69, 9.17) is 10.00 Å². The summed E-state index contributed by atoms with van der Waals surface area (Å²) in [5.41, 5.74) is 1.97. The molecule has 1 aromatic rings. The zero-order valence-electron chi connectivity index (χ0n) is 11.8. The van der Waals surface area contributed by atoms with Crippen molar-refractivity contribution in [3.63, 3.8) is 0 Å². The molecule has 106 valence electrons. The van der Waals surface area contributed by atoms with Crippen LogP contribution in [0, 0.1) is 31.1 Å². The van der Waals surface area contributed by atoms with E-state index in [1.165, 1.54) is 0 Å². The van der Waals surface area contributed by atoms with Gasteiger partial charge in [-0.25, -0.2) is 0 Å². The molecule has 0 radical (unpaired) electrons. The second-order valence-corrected chi connectivity index (χ2v) is 5.30. The molecule has 1 aromatic heterocycles. The Bertz CT molecular complexity index is 621. The van der Waals surface area contributed by atoms with Crippen LogP contribution in [-0.2, 0) is 16.0 Å². The molecular formula is C15H18N2O3. The second kappa shape index (κ2) is 5.91. The minimum absolute atomic E-state index is 0.122. The lowest BCUT2D eigenvalue weighted by Crippen LogP contribution is -2.17. The van der Waals surface area contributed by atoms with Crippen molar-refractivity contribution in [1.82, 2.24) is 4.98 Å². The predicted octanol–water partition coefficient (Wildman–Crippen LogP) is 1.75. The van der Waals surface area contributed by atoms with Gasteiger partial charge in [0.15, 0.2) is 0 Å². The Balaban J connectivity index is 2.03. The van der Waals surface area contributed by atoms with Gasteiger partial charge in [-0.1, -0.05) is 0 Å². The van der Waals surface area contributed by atoms with Crippen LogP contribution >= 0.6 is 0 Å². The minimum Gasteiger partial charge on any atom is -0.465 e. The number of hydrogen-bond acceptors (Lipinski definition) is 4. The maximum absolute atomic E-state index is 11.6. The number of rotatable bonds is 5. The van der Waals surface area contributed by atoms with E-state index in [0.717, 1.165) is 18.4 Å². The van der Waals surface area contributed by atoms with E-state index in [0.29, 0.717) is 30.2 Å². The van der Waals surface area contributed by atoms with Crippen molar-refractivity contribution in [1.29, 1.82) is 5.26 Å². The molecule has 0 unspecified atom stereocenters. The summed E-state index contributed by atoms with van der Waals surface area (Å²) in [6.45, 7) is 4.04. The van der Waals surface area contributed by atoms with Crippen LogP contribution in [0.3, 0.4) is 0 Å². The van der Waals surface area contributed by atoms with E-state index < -0.39 is 0 Å². The smallest absolute Gasteiger partial charge is 0.306 e. The number of aromatic nitrogens is 1. The van der Waals surface area contributed by atoms with Crippen molar-refractivity contribution in [3.05, 3.63) is 32.7 Å². The number of carbonyl (C=O) groups excluding carboxylic acids is 1. The van der Waals surface area contributed by atoms with E-state index in [9.17, 15) is 9.59 Å². The highest BCUT2D eigenvalue weighted by Crippen LogP contribution is 2.29. The lowest BCUT2D eigenvalue weighted by molar-refractivity contribution is -0.144. The first-order chi connectivity index (χ1) is 9.52. The van der Waals surface area contributed by atoms with Crippen LogP contribution < -0.4 is 5.56 Å². The normalized spacial score (nSPS) is 13.8. The van der Waals surface area contributed by atoms with Gasteiger partial charge in [0.1, 0.15) is 11.6 Å². The highest BCUT2D eigenvalue weighted by atomic mass is 16.5. The standard InChI is InChI=1S/C15H18N2O3/c1-9-12(10(2)17-15(19)13(9)7-16)5-6-14(18)20-8-11-3-4-11/h11H,3-6,8H2,1-2H3,(H,17,19). The molecule has 0 spiro atoms. The summed E-state index contributed by atoms with van der Waals surface area (Å²) in [6, 6.07) is 1.91. The lowest BCUT2D eigenvalue weighted by Gasteiger charge is -2.10. The first-order valence-electron chi connectivity index (χ1n) is 6.81. The van der Waals surface area contributed by atoms with Gasteiger partial charge in [0.25, 0.3) is 5.56 Å². The molecule has 0 atom stereocenters. The summed E-state index contributed by atoms with van der Waals surface area (Å²) in [5.74, 6) is 0.334. The van der Waals surface area contributed by atoms with Gasteiger partial charge in [0.05, 0.1) is 6.61 Å². The topological polar surface area (TPSA) is 83.0 Å². The number of pyridine rings is 1. The Kier molecular flexibility index (Phi) is 4.23. The number of ether oxygens (including phenoxy) is 1. The fourth-order valence-corrected chi connectivity index (χ4v) is 2.21. The Morgan fingerprint density at radius 2 is 2.15 bits per heavy atom. The van der Waals surface area contributed by atoms with Crippen molar-refractivity contribution in [2.45, 2.75) is 39.5 Å². The summed E-state index contributed by atoms with van der Waals surface area (Å²) in [6.07, 6.45) is 3.05. The van der Waals surface area contributed by atoms with Gasteiger partial charge in [-0.15, -0.1) is 0 Å². The fourth-order valence-electron chi connectivity index (χ4n) is 2.21. The van der Waals surface area contributed by atoms with Gasteiger partial charge in [-0.05, 0) is 50.2 Å². The molecule has 0 bridgehead atoms. The maximum Gasteiger partial charge on any atom is 0.306 e. The van der Waals surface area contributed by atoms with Crippen LogP contribution in [0.1, 0.15) is 41.6 Å². The van der Waals surface area contributed by atoms with E-state index in [1.807, 2.05) is 6.07 Å². The molecule has 0 aromatic carbocycles. The largest absolute Gasteiger partial charge is 0.465 e. The highest BCUT2D eigenvalue weighted by Gasteiger charge is 2.23. The quantitative estimate of drug-likeness (QED) is 0.829. The number of nitriles is 1. The van der Waals surface area contributed by atoms with E-state index in [2.05, 4.69) is 4.98 Å². The van der Waals surface area contributed by atoms with Crippen molar-refractivity contribution >= 4 is 5.97 Å². The minimum atomic E-state index is -0.373. The Morgan fingerprint density at radius 1 is 1.45 bits per heavy atom. The molecular weight excluding hydrogens is 256 g/mol. The molecule has 0 amide bonds. The molecule has 1 aliphatic rings. The molecule has 1 N–H and O–H groups in total. The van der Waals surface area contributed by atoms with Gasteiger partial charge in [-0.2, -0.15) is 5.26 Å². The number of aromatic amines is 1. The molecule has 1 heterocycles. The summed E-state index contributed by atoms with van der Waals surface area (Å²) < 4.78 is 5.17. The SMILES string of the molecule is Cc1[nH]c(=O)c(C#N)c(C)c1CCC(=O)OCC1CC1. The molecule has 1 fully saturated rings. The lowest BCUT2D eigenvalue weighted by atomic mass is 9.99.